The van der Waals surface area contributed by atoms with Crippen LogP contribution in [-0.2, 0) is 0 Å². The Hall–Kier alpha value is -2.05. The van der Waals surface area contributed by atoms with E-state index in [9.17, 15) is 9.59 Å². The molecule has 0 fully saturated rings. The first kappa shape index (κ1) is 9.50. The summed E-state index contributed by atoms with van der Waals surface area (Å²) < 4.78 is 0.852. The van der Waals surface area contributed by atoms with E-state index in [2.05, 4.69) is 10.3 Å². The molecule has 0 spiro atoms. The van der Waals surface area contributed by atoms with Crippen LogP contribution in [0.5, 0.6) is 0 Å². The lowest BCUT2D eigenvalue weighted by Crippen LogP contribution is -2.29. The van der Waals surface area contributed by atoms with Crippen LogP contribution in [0.1, 0.15) is 11.7 Å². The number of hydrogen-bond acceptors (Lipinski definition) is 6. The molecule has 1 aliphatic heterocycles. The van der Waals surface area contributed by atoms with Gasteiger partial charge in [0.1, 0.15) is 5.69 Å². The molecule has 1 aromatic heterocycles. The first-order valence-corrected chi connectivity index (χ1v) is 4.41. The molecule has 0 saturated carbocycles. The van der Waals surface area contributed by atoms with Crippen LogP contribution in [0.4, 0.5) is 17.5 Å². The molecular formula is C8H11N5O2. The van der Waals surface area contributed by atoms with E-state index in [1.54, 1.807) is 11.9 Å². The molecule has 0 amide bonds. The Bertz CT molecular complexity index is 493. The van der Waals surface area contributed by atoms with E-state index in [1.807, 2.05) is 0 Å². The van der Waals surface area contributed by atoms with Gasteiger partial charge in [-0.25, -0.2) is 4.57 Å². The molecule has 7 nitrogen and oxygen atoms in total. The fourth-order valence-corrected chi connectivity index (χ4v) is 1.53. The van der Waals surface area contributed by atoms with E-state index in [1.165, 1.54) is 6.92 Å². The number of hydrogen-bond donors (Lipinski definition) is 2. The highest BCUT2D eigenvalue weighted by atomic mass is 16.2. The van der Waals surface area contributed by atoms with Crippen molar-refractivity contribution in [2.75, 3.05) is 29.7 Å². The zero-order valence-electron chi connectivity index (χ0n) is 8.44. The van der Waals surface area contributed by atoms with Crippen LogP contribution in [-0.4, -0.2) is 29.2 Å². The molecule has 15 heavy (non-hydrogen) atoms. The van der Waals surface area contributed by atoms with E-state index in [0.717, 1.165) is 4.57 Å². The first-order valence-electron chi connectivity index (χ1n) is 4.41. The predicted molar refractivity (Wildman–Crippen MR) is 56.1 cm³/mol. The molecule has 2 heterocycles. The van der Waals surface area contributed by atoms with Crippen molar-refractivity contribution in [3.8, 4) is 0 Å². The largest absolute Gasteiger partial charge is 0.369 e. The maximum absolute atomic E-state index is 11.8. The quantitative estimate of drug-likeness (QED) is 0.587. The van der Waals surface area contributed by atoms with Gasteiger partial charge in [-0.2, -0.15) is 4.98 Å². The smallest absolute Gasteiger partial charge is 0.287 e. The Morgan fingerprint density at radius 2 is 2.27 bits per heavy atom. The summed E-state index contributed by atoms with van der Waals surface area (Å²) >= 11 is 0. The fourth-order valence-electron chi connectivity index (χ4n) is 1.53. The number of rotatable bonds is 0. The van der Waals surface area contributed by atoms with E-state index in [0.29, 0.717) is 18.2 Å². The lowest BCUT2D eigenvalue weighted by atomic mass is 10.4. The van der Waals surface area contributed by atoms with Crippen molar-refractivity contribution in [2.45, 2.75) is 6.92 Å². The molecule has 7 heteroatoms. The van der Waals surface area contributed by atoms with E-state index >= 15 is 0 Å². The Balaban J connectivity index is 2.75. The molecule has 1 aliphatic rings. The first-order chi connectivity index (χ1) is 7.02. The van der Waals surface area contributed by atoms with Crippen molar-refractivity contribution in [1.29, 1.82) is 0 Å². The van der Waals surface area contributed by atoms with Gasteiger partial charge >= 0.3 is 0 Å². The topological polar surface area (TPSA) is 93.2 Å². The third kappa shape index (κ3) is 1.24. The van der Waals surface area contributed by atoms with Crippen LogP contribution in [0.25, 0.3) is 0 Å². The predicted octanol–water partition coefficient (Wildman–Crippen LogP) is -0.695. The van der Waals surface area contributed by atoms with Crippen LogP contribution in [0.15, 0.2) is 4.79 Å². The molecule has 0 bridgehead atoms. The number of anilines is 3. The summed E-state index contributed by atoms with van der Waals surface area (Å²) in [5.74, 6) is -0.0408. The number of fused-ring (bicyclic) bond motifs is 1. The average Bonchev–Trinajstić information content (AvgIpc) is 2.47. The van der Waals surface area contributed by atoms with E-state index < -0.39 is 11.5 Å². The monoisotopic (exact) mass is 209 g/mol. The summed E-state index contributed by atoms with van der Waals surface area (Å²) in [6.07, 6.45) is 0. The van der Waals surface area contributed by atoms with Crippen LogP contribution < -0.4 is 21.5 Å². The third-order valence-corrected chi connectivity index (χ3v) is 2.26. The molecular weight excluding hydrogens is 198 g/mol. The van der Waals surface area contributed by atoms with Gasteiger partial charge in [-0.05, 0) is 0 Å². The normalized spacial score (nSPS) is 13.6. The average molecular weight is 209 g/mol. The third-order valence-electron chi connectivity index (χ3n) is 2.26. The summed E-state index contributed by atoms with van der Waals surface area (Å²) in [6.45, 7) is 1.75. The zero-order chi connectivity index (χ0) is 11.2. The zero-order valence-corrected chi connectivity index (χ0v) is 8.44. The minimum atomic E-state index is -0.450. The maximum atomic E-state index is 11.8. The Morgan fingerprint density at radius 3 is 2.87 bits per heavy atom. The van der Waals surface area contributed by atoms with Crippen LogP contribution >= 0.6 is 0 Å². The summed E-state index contributed by atoms with van der Waals surface area (Å²) in [4.78, 5) is 28.7. The summed E-state index contributed by atoms with van der Waals surface area (Å²) in [5.41, 5.74) is 5.41. The molecule has 2 rings (SSSR count). The SMILES string of the molecule is CC(=O)n1c(N)nc2c(c1=O)NCN2C. The Labute approximate surface area is 85.5 Å². The van der Waals surface area contributed by atoms with Crippen LogP contribution in [0.2, 0.25) is 0 Å². The molecule has 3 N–H and O–H groups in total. The van der Waals surface area contributed by atoms with Crippen molar-refractivity contribution in [3.05, 3.63) is 10.4 Å². The van der Waals surface area contributed by atoms with E-state index in [-0.39, 0.29) is 5.95 Å². The van der Waals surface area contributed by atoms with E-state index in [4.69, 9.17) is 5.73 Å². The molecule has 1 aromatic rings. The maximum Gasteiger partial charge on any atom is 0.287 e. The number of nitrogens with two attached hydrogens (primary N) is 1. The van der Waals surface area contributed by atoms with Gasteiger partial charge in [0.15, 0.2) is 5.82 Å². The molecule has 0 aliphatic carbocycles. The number of carbonyl (C=O) groups excluding carboxylic acids is 1. The molecule has 0 radical (unpaired) electrons. The van der Waals surface area contributed by atoms with Crippen molar-refractivity contribution < 1.29 is 4.79 Å². The Morgan fingerprint density at radius 1 is 1.60 bits per heavy atom. The molecule has 80 valence electrons. The molecule has 0 unspecified atom stereocenters. The summed E-state index contributed by atoms with van der Waals surface area (Å²) in [5, 5.41) is 2.86. The standard InChI is InChI=1S/C8H11N5O2/c1-4(14)13-7(15)5-6(11-8(13)9)12(2)3-10-5/h10H,3H2,1-2H3,(H2,9,11). The minimum Gasteiger partial charge on any atom is -0.369 e. The summed E-state index contributed by atoms with van der Waals surface area (Å²) in [6, 6.07) is 0. The van der Waals surface area contributed by atoms with Gasteiger partial charge in [0.2, 0.25) is 11.9 Å². The fraction of sp³-hybridized carbons (Fsp3) is 0.375. The van der Waals surface area contributed by atoms with Gasteiger partial charge < -0.3 is 16.0 Å². The van der Waals surface area contributed by atoms with Crippen LogP contribution in [0, 0.1) is 0 Å². The minimum absolute atomic E-state index is 0.0817. The van der Waals surface area contributed by atoms with Gasteiger partial charge in [0.25, 0.3) is 5.56 Å². The number of nitrogens with one attached hydrogen (secondary N) is 1. The van der Waals surface area contributed by atoms with Gasteiger partial charge in [-0.3, -0.25) is 9.59 Å². The van der Waals surface area contributed by atoms with Crippen molar-refractivity contribution in [3.63, 3.8) is 0 Å². The van der Waals surface area contributed by atoms with Crippen molar-refractivity contribution in [2.24, 2.45) is 0 Å². The van der Waals surface area contributed by atoms with Crippen molar-refractivity contribution in [1.82, 2.24) is 9.55 Å². The highest BCUT2D eigenvalue weighted by Crippen LogP contribution is 2.24. The lowest BCUT2D eigenvalue weighted by molar-refractivity contribution is 0.0934. The highest BCUT2D eigenvalue weighted by Gasteiger charge is 2.24. The van der Waals surface area contributed by atoms with Gasteiger partial charge in [-0.1, -0.05) is 0 Å². The number of nitrogen functional groups attached to an aromatic ring is 1. The molecule has 0 atom stereocenters. The molecule has 0 saturated heterocycles. The Kier molecular flexibility index (Phi) is 1.88. The number of aromatic nitrogens is 2. The van der Waals surface area contributed by atoms with Gasteiger partial charge in [-0.15, -0.1) is 0 Å². The van der Waals surface area contributed by atoms with Crippen molar-refractivity contribution >= 4 is 23.4 Å². The number of carbonyl (C=O) groups is 1. The van der Waals surface area contributed by atoms with Crippen LogP contribution in [0.3, 0.4) is 0 Å². The van der Waals surface area contributed by atoms with Gasteiger partial charge in [0.05, 0.1) is 6.67 Å². The lowest BCUT2D eigenvalue weighted by Gasteiger charge is -2.10. The second kappa shape index (κ2) is 2.97. The number of nitrogens with zero attached hydrogens (tertiary/aromatic N) is 3. The second-order valence-electron chi connectivity index (χ2n) is 3.36. The summed E-state index contributed by atoms with van der Waals surface area (Å²) in [7, 11) is 1.78. The van der Waals surface area contributed by atoms with Gasteiger partial charge in [0, 0.05) is 14.0 Å². The second-order valence-corrected chi connectivity index (χ2v) is 3.36. The highest BCUT2D eigenvalue weighted by molar-refractivity contribution is 5.82. The molecule has 0 aromatic carbocycles.